The monoisotopic (exact) mass is 327 g/mol. The van der Waals surface area contributed by atoms with E-state index in [1.807, 2.05) is 37.4 Å². The predicted molar refractivity (Wildman–Crippen MR) is 102 cm³/mol. The molecule has 0 bridgehead atoms. The van der Waals surface area contributed by atoms with Gasteiger partial charge in [-0.15, -0.1) is 0 Å². The predicted octanol–water partition coefficient (Wildman–Crippen LogP) is 4.39. The summed E-state index contributed by atoms with van der Waals surface area (Å²) >= 11 is 0. The number of fused-ring (bicyclic) bond motifs is 3. The molecule has 0 saturated carbocycles. The minimum atomic E-state index is -0.221. The number of aromatic nitrogens is 1. The van der Waals surface area contributed by atoms with Crippen LogP contribution in [-0.4, -0.2) is 17.1 Å². The molecule has 1 aromatic heterocycles. The number of nitrogens with zero attached hydrogens (tertiary/aromatic N) is 1. The van der Waals surface area contributed by atoms with Gasteiger partial charge in [0.25, 0.3) is 5.91 Å². The lowest BCUT2D eigenvalue weighted by molar-refractivity contribution is 0.0955. The van der Waals surface area contributed by atoms with Gasteiger partial charge in [-0.1, -0.05) is 54.1 Å². The molecule has 1 amide bonds. The van der Waals surface area contributed by atoms with Gasteiger partial charge in [-0.2, -0.15) is 5.10 Å². The standard InChI is InChI=1S/C21H17N3O/c1-14-6-8-16(9-7-14)21(25)24-23-13-17-12-22-20-18-5-3-2-4-15(18)10-11-19(17)20/h2-13,22H,1H3,(H,24,25). The molecule has 4 heteroatoms. The van der Waals surface area contributed by atoms with E-state index in [-0.39, 0.29) is 5.91 Å². The number of aromatic amines is 1. The molecule has 0 unspecified atom stereocenters. The molecule has 3 aromatic carbocycles. The van der Waals surface area contributed by atoms with E-state index in [9.17, 15) is 4.79 Å². The van der Waals surface area contributed by atoms with Crippen LogP contribution in [0, 0.1) is 6.92 Å². The number of rotatable bonds is 3. The van der Waals surface area contributed by atoms with Gasteiger partial charge in [0.1, 0.15) is 0 Å². The van der Waals surface area contributed by atoms with Gasteiger partial charge in [-0.25, -0.2) is 5.43 Å². The zero-order chi connectivity index (χ0) is 17.2. The number of hydrogen-bond acceptors (Lipinski definition) is 2. The zero-order valence-electron chi connectivity index (χ0n) is 13.8. The number of nitrogens with one attached hydrogen (secondary N) is 2. The molecule has 0 saturated heterocycles. The fraction of sp³-hybridized carbons (Fsp3) is 0.0476. The number of H-pyrrole nitrogens is 1. The normalized spacial score (nSPS) is 11.4. The van der Waals surface area contributed by atoms with E-state index in [0.29, 0.717) is 5.56 Å². The Balaban J connectivity index is 1.58. The highest BCUT2D eigenvalue weighted by Gasteiger charge is 2.06. The lowest BCUT2D eigenvalue weighted by Crippen LogP contribution is -2.17. The van der Waals surface area contributed by atoms with Crippen LogP contribution in [0.4, 0.5) is 0 Å². The van der Waals surface area contributed by atoms with Crippen molar-refractivity contribution >= 4 is 33.8 Å². The van der Waals surface area contributed by atoms with E-state index < -0.39 is 0 Å². The van der Waals surface area contributed by atoms with Crippen LogP contribution in [0.25, 0.3) is 21.7 Å². The van der Waals surface area contributed by atoms with Crippen LogP contribution < -0.4 is 5.43 Å². The summed E-state index contributed by atoms with van der Waals surface area (Å²) < 4.78 is 0. The number of benzene rings is 3. The first-order chi connectivity index (χ1) is 12.2. The van der Waals surface area contributed by atoms with Gasteiger partial charge in [0, 0.05) is 28.1 Å². The molecule has 0 aliphatic heterocycles. The Morgan fingerprint density at radius 3 is 2.64 bits per heavy atom. The summed E-state index contributed by atoms with van der Waals surface area (Å²) in [5.74, 6) is -0.221. The highest BCUT2D eigenvalue weighted by atomic mass is 16.2. The third-order valence-corrected chi connectivity index (χ3v) is 4.30. The van der Waals surface area contributed by atoms with Crippen LogP contribution in [0.3, 0.4) is 0 Å². The number of aryl methyl sites for hydroxylation is 1. The average molecular weight is 327 g/mol. The number of carbonyl (C=O) groups is 1. The summed E-state index contributed by atoms with van der Waals surface area (Å²) in [7, 11) is 0. The van der Waals surface area contributed by atoms with Crippen LogP contribution in [0.5, 0.6) is 0 Å². The fourth-order valence-electron chi connectivity index (χ4n) is 2.93. The summed E-state index contributed by atoms with van der Waals surface area (Å²) in [6, 6.07) is 19.8. The lowest BCUT2D eigenvalue weighted by Gasteiger charge is -2.01. The van der Waals surface area contributed by atoms with Crippen LogP contribution >= 0.6 is 0 Å². The SMILES string of the molecule is Cc1ccc(C(=O)NN=Cc2c[nH]c3c2ccc2ccccc23)cc1. The number of amides is 1. The van der Waals surface area contributed by atoms with Gasteiger partial charge >= 0.3 is 0 Å². The Morgan fingerprint density at radius 2 is 1.80 bits per heavy atom. The van der Waals surface area contributed by atoms with Crippen LogP contribution in [0.2, 0.25) is 0 Å². The summed E-state index contributed by atoms with van der Waals surface area (Å²) in [6.45, 7) is 1.99. The molecular formula is C21H17N3O. The second kappa shape index (κ2) is 6.24. The maximum Gasteiger partial charge on any atom is 0.271 e. The van der Waals surface area contributed by atoms with Gasteiger partial charge in [-0.05, 0) is 24.4 Å². The molecule has 122 valence electrons. The topological polar surface area (TPSA) is 57.2 Å². The molecule has 0 fully saturated rings. The highest BCUT2D eigenvalue weighted by molar-refractivity contribution is 6.11. The van der Waals surface area contributed by atoms with Crippen molar-refractivity contribution in [1.82, 2.24) is 10.4 Å². The Bertz CT molecular complexity index is 1090. The minimum Gasteiger partial charge on any atom is -0.360 e. The molecule has 1 heterocycles. The number of hydrogen-bond donors (Lipinski definition) is 2. The quantitative estimate of drug-likeness (QED) is 0.425. The summed E-state index contributed by atoms with van der Waals surface area (Å²) in [5.41, 5.74) is 6.29. The second-order valence-electron chi connectivity index (χ2n) is 6.02. The van der Waals surface area contributed by atoms with Crippen LogP contribution in [0.1, 0.15) is 21.5 Å². The van der Waals surface area contributed by atoms with E-state index in [1.54, 1.807) is 18.3 Å². The Morgan fingerprint density at radius 1 is 1.00 bits per heavy atom. The molecule has 0 aliphatic rings. The van der Waals surface area contributed by atoms with Gasteiger partial charge in [-0.3, -0.25) is 4.79 Å². The molecule has 2 N–H and O–H groups in total. The van der Waals surface area contributed by atoms with Crippen molar-refractivity contribution in [2.45, 2.75) is 6.92 Å². The Labute approximate surface area is 145 Å². The summed E-state index contributed by atoms with van der Waals surface area (Å²) in [4.78, 5) is 15.4. The van der Waals surface area contributed by atoms with E-state index in [0.717, 1.165) is 22.0 Å². The van der Waals surface area contributed by atoms with Crippen molar-refractivity contribution in [1.29, 1.82) is 0 Å². The van der Waals surface area contributed by atoms with Crippen molar-refractivity contribution in [3.8, 4) is 0 Å². The summed E-state index contributed by atoms with van der Waals surface area (Å²) in [5, 5.41) is 7.53. The molecule has 25 heavy (non-hydrogen) atoms. The van der Waals surface area contributed by atoms with E-state index in [2.05, 4.69) is 39.8 Å². The van der Waals surface area contributed by atoms with Crippen molar-refractivity contribution in [3.63, 3.8) is 0 Å². The van der Waals surface area contributed by atoms with Crippen molar-refractivity contribution in [3.05, 3.63) is 83.6 Å². The fourth-order valence-corrected chi connectivity index (χ4v) is 2.93. The van der Waals surface area contributed by atoms with Crippen molar-refractivity contribution in [2.24, 2.45) is 5.10 Å². The van der Waals surface area contributed by atoms with Gasteiger partial charge in [0.15, 0.2) is 0 Å². The molecule has 4 nitrogen and oxygen atoms in total. The molecule has 4 aromatic rings. The van der Waals surface area contributed by atoms with Gasteiger partial charge in [0.2, 0.25) is 0 Å². The van der Waals surface area contributed by atoms with E-state index >= 15 is 0 Å². The maximum atomic E-state index is 12.1. The number of carbonyl (C=O) groups excluding carboxylic acids is 1. The molecule has 0 radical (unpaired) electrons. The molecule has 0 aliphatic carbocycles. The summed E-state index contributed by atoms with van der Waals surface area (Å²) in [6.07, 6.45) is 3.57. The first-order valence-corrected chi connectivity index (χ1v) is 8.11. The van der Waals surface area contributed by atoms with Crippen LogP contribution in [0.15, 0.2) is 72.0 Å². The Hall–Kier alpha value is -3.40. The molecule has 0 spiro atoms. The van der Waals surface area contributed by atoms with Crippen LogP contribution in [-0.2, 0) is 0 Å². The third-order valence-electron chi connectivity index (χ3n) is 4.30. The van der Waals surface area contributed by atoms with E-state index in [4.69, 9.17) is 0 Å². The first kappa shape index (κ1) is 15.1. The van der Waals surface area contributed by atoms with E-state index in [1.165, 1.54) is 10.8 Å². The Kier molecular flexibility index (Phi) is 3.78. The van der Waals surface area contributed by atoms with Gasteiger partial charge < -0.3 is 4.98 Å². The lowest BCUT2D eigenvalue weighted by atomic mass is 10.1. The zero-order valence-corrected chi connectivity index (χ0v) is 13.8. The van der Waals surface area contributed by atoms with Crippen molar-refractivity contribution < 1.29 is 4.79 Å². The van der Waals surface area contributed by atoms with Crippen molar-refractivity contribution in [2.75, 3.05) is 0 Å². The molecule has 0 atom stereocenters. The minimum absolute atomic E-state index is 0.221. The maximum absolute atomic E-state index is 12.1. The number of hydrazone groups is 1. The third kappa shape index (κ3) is 2.90. The highest BCUT2D eigenvalue weighted by Crippen LogP contribution is 2.26. The molecular weight excluding hydrogens is 310 g/mol. The second-order valence-corrected chi connectivity index (χ2v) is 6.02. The van der Waals surface area contributed by atoms with Gasteiger partial charge in [0.05, 0.1) is 11.7 Å². The smallest absolute Gasteiger partial charge is 0.271 e. The first-order valence-electron chi connectivity index (χ1n) is 8.11. The average Bonchev–Trinajstić information content (AvgIpc) is 3.06. The largest absolute Gasteiger partial charge is 0.360 e. The molecule has 4 rings (SSSR count).